The fraction of sp³-hybridized carbons (Fsp3) is 0.615. The summed E-state index contributed by atoms with van der Waals surface area (Å²) in [5.74, 6) is -3.20. The lowest BCUT2D eigenvalue weighted by Gasteiger charge is -2.45. The number of rotatable bonds is 11. The first kappa shape index (κ1) is 57.5. The molecule has 25 heteroatoms. The van der Waals surface area contributed by atoms with Crippen molar-refractivity contribution in [1.82, 2.24) is 49.9 Å². The van der Waals surface area contributed by atoms with Crippen LogP contribution in [0.4, 0.5) is 41.2 Å². The van der Waals surface area contributed by atoms with Gasteiger partial charge in [-0.2, -0.15) is 26.3 Å². The lowest BCUT2D eigenvalue weighted by molar-refractivity contribution is -0.155. The maximum atomic E-state index is 17.0. The third kappa shape index (κ3) is 13.0. The highest BCUT2D eigenvalue weighted by Crippen LogP contribution is 2.45. The van der Waals surface area contributed by atoms with Crippen LogP contribution in [0.2, 0.25) is 0 Å². The molecule has 4 aliphatic rings. The SMILES string of the molecule is CO[C@@H](C)c1ncc(N2CCN(CC(F)(F)F)CC2)cc1-c1c2c3cc(c(F)cc3n1CC(F)(F)F)-c1csc(n1)C[C@H](NC(=O)[C@H](C(C)C)N(C)C(=O)N1CC(N(C)C)C1)C(=O)N1CCC[C@H](N1)C(=O)OCC(C)(C)C2. The van der Waals surface area contributed by atoms with Gasteiger partial charge in [-0.15, -0.1) is 11.3 Å². The minimum Gasteiger partial charge on any atom is -0.464 e. The van der Waals surface area contributed by atoms with Crippen LogP contribution in [0.5, 0.6) is 0 Å². The van der Waals surface area contributed by atoms with Gasteiger partial charge in [-0.25, -0.2) is 19.6 Å². The van der Waals surface area contributed by atoms with Crippen LogP contribution >= 0.6 is 11.3 Å². The zero-order chi connectivity index (χ0) is 56.1. The molecule has 1 aromatic carbocycles. The highest BCUT2D eigenvalue weighted by atomic mass is 32.1. The van der Waals surface area contributed by atoms with Gasteiger partial charge in [0.25, 0.3) is 5.91 Å². The van der Waals surface area contributed by atoms with Gasteiger partial charge in [0, 0.05) is 99.7 Å². The van der Waals surface area contributed by atoms with Crippen molar-refractivity contribution in [2.24, 2.45) is 11.3 Å². The van der Waals surface area contributed by atoms with Crippen molar-refractivity contribution in [2.75, 3.05) is 92.1 Å². The third-order valence-electron chi connectivity index (χ3n) is 14.9. The fourth-order valence-electron chi connectivity index (χ4n) is 10.7. The Labute approximate surface area is 447 Å². The number of hydrazine groups is 1. The number of nitrogens with one attached hydrogen (secondary N) is 2. The number of aromatic nitrogens is 3. The predicted octanol–water partition coefficient (Wildman–Crippen LogP) is 6.89. The minimum absolute atomic E-state index is 0.0254. The van der Waals surface area contributed by atoms with Crippen LogP contribution < -0.4 is 15.6 Å². The van der Waals surface area contributed by atoms with Crippen LogP contribution in [0.25, 0.3) is 33.4 Å². The summed E-state index contributed by atoms with van der Waals surface area (Å²) in [6.45, 7) is 7.48. The summed E-state index contributed by atoms with van der Waals surface area (Å²) in [6.07, 6.45) is -8.07. The summed E-state index contributed by atoms with van der Waals surface area (Å²) in [5.41, 5.74) is 3.22. The summed E-state index contributed by atoms with van der Waals surface area (Å²) in [5, 5.41) is 6.25. The van der Waals surface area contributed by atoms with Gasteiger partial charge in [-0.3, -0.25) is 29.3 Å². The second-order valence-electron chi connectivity index (χ2n) is 22.0. The lowest BCUT2D eigenvalue weighted by atomic mass is 9.84. The van der Waals surface area contributed by atoms with E-state index in [1.54, 1.807) is 51.0 Å². The normalized spacial score (nSPS) is 21.0. The van der Waals surface area contributed by atoms with Crippen LogP contribution in [0.15, 0.2) is 29.8 Å². The van der Waals surface area contributed by atoms with Crippen molar-refractivity contribution in [3.63, 3.8) is 0 Å². The molecule has 0 aliphatic carbocycles. The first-order valence-electron chi connectivity index (χ1n) is 25.8. The molecule has 4 atom stereocenters. The van der Waals surface area contributed by atoms with Crippen molar-refractivity contribution in [2.45, 2.75) is 109 Å². The van der Waals surface area contributed by atoms with Gasteiger partial charge >= 0.3 is 24.4 Å². The number of anilines is 1. The van der Waals surface area contributed by atoms with Crippen LogP contribution in [0, 0.1) is 17.2 Å². The number of urea groups is 1. The molecule has 7 heterocycles. The number of hydrogen-bond acceptors (Lipinski definition) is 13. The van der Waals surface area contributed by atoms with Gasteiger partial charge in [0.05, 0.1) is 58.7 Å². The van der Waals surface area contributed by atoms with E-state index in [0.29, 0.717) is 35.8 Å². The Balaban J connectivity index is 1.24. The average molecular weight is 1110 g/mol. The van der Waals surface area contributed by atoms with Crippen molar-refractivity contribution < 1.29 is 59.4 Å². The van der Waals surface area contributed by atoms with Crippen molar-refractivity contribution in [3.05, 3.63) is 51.9 Å². The number of thiazole rings is 1. The molecule has 3 fully saturated rings. The number of esters is 1. The Morgan fingerprint density at radius 3 is 2.30 bits per heavy atom. The summed E-state index contributed by atoms with van der Waals surface area (Å²) in [6, 6.07) is 0.634. The molecule has 4 aliphatic heterocycles. The van der Waals surface area contributed by atoms with Crippen molar-refractivity contribution >= 4 is 51.7 Å². The molecule has 0 radical (unpaired) electrons. The van der Waals surface area contributed by atoms with Gasteiger partial charge in [-0.1, -0.05) is 27.7 Å². The number of ether oxygens (including phenoxy) is 2. The number of carbonyl (C=O) groups is 4. The number of benzene rings is 1. The Hall–Kier alpha value is -5.63. The van der Waals surface area contributed by atoms with Crippen molar-refractivity contribution in [1.29, 1.82) is 0 Å². The number of alkyl halides is 6. The number of cyclic esters (lactones) is 1. The molecule has 0 saturated carbocycles. The summed E-state index contributed by atoms with van der Waals surface area (Å²) < 4.78 is 115. The molecule has 3 aromatic heterocycles. The van der Waals surface area contributed by atoms with Crippen molar-refractivity contribution in [3.8, 4) is 22.5 Å². The molecular weight excluding hydrogens is 1040 g/mol. The Morgan fingerprint density at radius 1 is 0.974 bits per heavy atom. The van der Waals surface area contributed by atoms with Gasteiger partial charge in [0.2, 0.25) is 5.91 Å². The lowest BCUT2D eigenvalue weighted by Crippen LogP contribution is -2.65. The molecular formula is C52H68F7N11O6S. The Bertz CT molecular complexity index is 2820. The molecule has 2 N–H and O–H groups in total. The molecule has 77 heavy (non-hydrogen) atoms. The van der Waals surface area contributed by atoms with E-state index in [1.807, 2.05) is 23.9 Å². The molecule has 0 unspecified atom stereocenters. The summed E-state index contributed by atoms with van der Waals surface area (Å²) >= 11 is 1.08. The molecule has 4 amide bonds. The van der Waals surface area contributed by atoms with E-state index >= 15 is 17.6 Å². The Morgan fingerprint density at radius 2 is 1.66 bits per heavy atom. The van der Waals surface area contributed by atoms with E-state index in [9.17, 15) is 32.3 Å². The predicted molar refractivity (Wildman–Crippen MR) is 275 cm³/mol. The second kappa shape index (κ2) is 22.6. The van der Waals surface area contributed by atoms with E-state index in [0.717, 1.165) is 22.0 Å². The van der Waals surface area contributed by atoms with E-state index < -0.39 is 84.6 Å². The first-order valence-corrected chi connectivity index (χ1v) is 26.7. The number of likely N-dealkylation sites (N-methyl/N-ethyl adjacent to an activating group) is 2. The zero-order valence-corrected chi connectivity index (χ0v) is 45.6. The number of pyridine rings is 1. The molecule has 8 rings (SSSR count). The number of fused-ring (bicyclic) bond motifs is 6. The second-order valence-corrected chi connectivity index (χ2v) is 23.0. The molecule has 4 aromatic rings. The van der Waals surface area contributed by atoms with Crippen LogP contribution in [0.3, 0.4) is 0 Å². The smallest absolute Gasteiger partial charge is 0.406 e. The number of amides is 4. The highest BCUT2D eigenvalue weighted by Gasteiger charge is 2.42. The Kier molecular flexibility index (Phi) is 16.9. The summed E-state index contributed by atoms with van der Waals surface area (Å²) in [7, 11) is 6.80. The molecule has 6 bridgehead atoms. The molecule has 422 valence electrons. The van der Waals surface area contributed by atoms with Gasteiger partial charge in [0.1, 0.15) is 30.5 Å². The van der Waals surface area contributed by atoms with Gasteiger partial charge in [0.15, 0.2) is 0 Å². The van der Waals surface area contributed by atoms with Crippen LogP contribution in [-0.2, 0) is 43.2 Å². The monoisotopic (exact) mass is 1110 g/mol. The standard InChI is InChI=1S/C52H68F7N11O6S/c1-29(2)44(65(8)49(74)68-23-32(24-68)64(6)7)46(71)62-39-20-42-61-40(25-77-42)34-18-33-36(21-50(4,5)28-76-48(73)38-11-10-12-70(63-38)47(39)72)45(69(27-52(57,58)59)41(33)19-37(34)53)35-17-31(22-60-43(35)30(3)75-9)67-15-13-66(14-16-67)26-51(54,55)56/h17-19,22,25,29-30,32,38-39,44,63H,10-16,20-21,23-24,26-28H2,1-9H3,(H,62,71)/t30-,38-,39-,44-/m0/s1. The largest absolute Gasteiger partial charge is 0.464 e. The van der Waals surface area contributed by atoms with E-state index in [1.165, 1.54) is 41.2 Å². The fourth-order valence-corrected chi connectivity index (χ4v) is 11.6. The van der Waals surface area contributed by atoms with Gasteiger partial charge < -0.3 is 39.0 Å². The topological polar surface area (TPSA) is 161 Å². The number of piperazine rings is 1. The highest BCUT2D eigenvalue weighted by molar-refractivity contribution is 7.10. The van der Waals surface area contributed by atoms with E-state index in [2.05, 4.69) is 10.7 Å². The number of methoxy groups -OCH3 is 1. The zero-order valence-electron chi connectivity index (χ0n) is 44.8. The molecule has 17 nitrogen and oxygen atoms in total. The first-order chi connectivity index (χ1) is 36.1. The number of halogens is 7. The van der Waals surface area contributed by atoms with E-state index in [4.69, 9.17) is 19.4 Å². The molecule has 0 spiro atoms. The number of hydrogen-bond donors (Lipinski definition) is 2. The van der Waals surface area contributed by atoms with Gasteiger partial charge in [-0.05, 0) is 70.0 Å². The van der Waals surface area contributed by atoms with Crippen LogP contribution in [0.1, 0.15) is 69.8 Å². The van der Waals surface area contributed by atoms with Crippen LogP contribution in [-0.4, -0.2) is 187 Å². The maximum Gasteiger partial charge on any atom is 0.406 e. The number of likely N-dealkylation sites (tertiary alicyclic amines) is 1. The quantitative estimate of drug-likeness (QED) is 0.119. The molecule has 3 saturated heterocycles. The number of nitrogens with zero attached hydrogens (tertiary/aromatic N) is 9. The third-order valence-corrected chi connectivity index (χ3v) is 15.8. The summed E-state index contributed by atoms with van der Waals surface area (Å²) in [4.78, 5) is 74.5. The van der Waals surface area contributed by atoms with E-state index in [-0.39, 0.29) is 110 Å². The minimum atomic E-state index is -4.84. The average Bonchev–Trinajstić information content (AvgIpc) is 3.98. The number of carbonyl (C=O) groups excluding carboxylic acids is 4. The maximum absolute atomic E-state index is 17.0.